The number of nitrogens with zero attached hydrogens (tertiary/aromatic N) is 3. The Bertz CT molecular complexity index is 2880. The minimum Gasteiger partial charge on any atom is -0.255 e. The molecule has 0 bridgehead atoms. The predicted molar refractivity (Wildman–Crippen MR) is 217 cm³/mol. The molecule has 0 saturated carbocycles. The van der Waals surface area contributed by atoms with E-state index >= 15 is 0 Å². The molecule has 0 fully saturated rings. The number of aromatic nitrogens is 3. The van der Waals surface area contributed by atoms with E-state index in [1.165, 1.54) is 49.4 Å². The van der Waals surface area contributed by atoms with E-state index in [0.717, 1.165) is 50.0 Å². The van der Waals surface area contributed by atoms with Crippen molar-refractivity contribution in [3.05, 3.63) is 188 Å². The fourth-order valence-corrected chi connectivity index (χ4v) is 7.63. The Labute approximate surface area is 301 Å². The van der Waals surface area contributed by atoms with Crippen molar-refractivity contribution in [2.45, 2.75) is 0 Å². The summed E-state index contributed by atoms with van der Waals surface area (Å²) >= 11 is 0. The van der Waals surface area contributed by atoms with Gasteiger partial charge in [0, 0.05) is 22.5 Å². The summed E-state index contributed by atoms with van der Waals surface area (Å²) in [6.45, 7) is 0. The van der Waals surface area contributed by atoms with Crippen LogP contribution in [-0.4, -0.2) is 15.0 Å². The van der Waals surface area contributed by atoms with Crippen LogP contribution in [0, 0.1) is 0 Å². The molecule has 52 heavy (non-hydrogen) atoms. The lowest BCUT2D eigenvalue weighted by atomic mass is 9.85. The number of fused-ring (bicyclic) bond motifs is 5. The lowest BCUT2D eigenvalue weighted by Crippen LogP contribution is -1.93. The van der Waals surface area contributed by atoms with Gasteiger partial charge in [0.25, 0.3) is 0 Å². The quantitative estimate of drug-likeness (QED) is 0.136. The Morgan fingerprint density at radius 1 is 0.288 bits per heavy atom. The Morgan fingerprint density at radius 3 is 1.40 bits per heavy atom. The molecular formula is C49H31N3. The van der Waals surface area contributed by atoms with Crippen LogP contribution in [0.15, 0.2) is 188 Å². The first-order valence-electron chi connectivity index (χ1n) is 17.6. The number of hydrogen-bond acceptors (Lipinski definition) is 3. The van der Waals surface area contributed by atoms with Gasteiger partial charge in [-0.15, -0.1) is 0 Å². The second-order valence-corrected chi connectivity index (χ2v) is 13.2. The molecule has 0 unspecified atom stereocenters. The third kappa shape index (κ3) is 5.10. The van der Waals surface area contributed by atoms with Gasteiger partial charge in [-0.2, -0.15) is 0 Å². The summed E-state index contributed by atoms with van der Waals surface area (Å²) in [5, 5.41) is 7.03. The van der Waals surface area contributed by atoms with Crippen molar-refractivity contribution in [2.24, 2.45) is 0 Å². The number of hydrogen-bond donors (Lipinski definition) is 0. The topological polar surface area (TPSA) is 38.7 Å². The predicted octanol–water partition coefficient (Wildman–Crippen LogP) is 12.8. The van der Waals surface area contributed by atoms with E-state index in [1.54, 1.807) is 6.20 Å². The molecule has 3 nitrogen and oxygen atoms in total. The molecule has 0 radical (unpaired) electrons. The van der Waals surface area contributed by atoms with E-state index in [1.807, 2.05) is 24.3 Å². The standard InChI is InChI=1S/C49H31N3/c1-2-11-32(12-3-1)33-20-22-34(23-21-33)46-39-15-4-6-17-41(39)47(42-18-7-5-16-40(42)46)38-14-10-13-37(31-38)43-28-26-35-24-25-36-27-29-45(44-19-8-9-30-50-44)52-49(36)48(35)51-43/h1-31H. The maximum Gasteiger partial charge on any atom is 0.0973 e. The van der Waals surface area contributed by atoms with Crippen LogP contribution < -0.4 is 0 Å². The van der Waals surface area contributed by atoms with E-state index in [9.17, 15) is 0 Å². The van der Waals surface area contributed by atoms with Crippen LogP contribution in [0.5, 0.6) is 0 Å². The van der Waals surface area contributed by atoms with Crippen molar-refractivity contribution in [2.75, 3.05) is 0 Å². The Morgan fingerprint density at radius 2 is 0.769 bits per heavy atom. The normalized spacial score (nSPS) is 11.5. The van der Waals surface area contributed by atoms with Crippen LogP contribution in [0.4, 0.5) is 0 Å². The summed E-state index contributed by atoms with van der Waals surface area (Å²) in [6, 6.07) is 64.6. The number of benzene rings is 7. The Kier molecular flexibility index (Phi) is 7.14. The first-order chi connectivity index (χ1) is 25.8. The largest absolute Gasteiger partial charge is 0.255 e. The fourth-order valence-electron chi connectivity index (χ4n) is 7.63. The number of rotatable bonds is 5. The van der Waals surface area contributed by atoms with Crippen molar-refractivity contribution in [3.8, 4) is 56.0 Å². The maximum absolute atomic E-state index is 5.27. The molecule has 3 heteroatoms. The Hall–Kier alpha value is -6.97. The summed E-state index contributed by atoms with van der Waals surface area (Å²) in [4.78, 5) is 14.9. The van der Waals surface area contributed by atoms with Crippen LogP contribution >= 0.6 is 0 Å². The molecule has 7 aromatic carbocycles. The lowest BCUT2D eigenvalue weighted by molar-refractivity contribution is 1.27. The average molecular weight is 662 g/mol. The zero-order chi connectivity index (χ0) is 34.4. The third-order valence-corrected chi connectivity index (χ3v) is 10.1. The molecular weight excluding hydrogens is 631 g/mol. The van der Waals surface area contributed by atoms with Gasteiger partial charge >= 0.3 is 0 Å². The van der Waals surface area contributed by atoms with Crippen molar-refractivity contribution in [1.29, 1.82) is 0 Å². The van der Waals surface area contributed by atoms with Crippen molar-refractivity contribution < 1.29 is 0 Å². The van der Waals surface area contributed by atoms with Crippen LogP contribution in [0.2, 0.25) is 0 Å². The van der Waals surface area contributed by atoms with Crippen LogP contribution in [0.1, 0.15) is 0 Å². The van der Waals surface area contributed by atoms with Gasteiger partial charge in [0.2, 0.25) is 0 Å². The van der Waals surface area contributed by atoms with Gasteiger partial charge < -0.3 is 0 Å². The number of pyridine rings is 3. The summed E-state index contributed by atoms with van der Waals surface area (Å²) < 4.78 is 0. The van der Waals surface area contributed by atoms with E-state index in [2.05, 4.69) is 163 Å². The summed E-state index contributed by atoms with van der Waals surface area (Å²) in [5.74, 6) is 0. The van der Waals surface area contributed by atoms with Gasteiger partial charge in [0.15, 0.2) is 0 Å². The molecule has 242 valence electrons. The first-order valence-corrected chi connectivity index (χ1v) is 17.6. The second kappa shape index (κ2) is 12.4. The van der Waals surface area contributed by atoms with Gasteiger partial charge in [-0.05, 0) is 85.3 Å². The molecule has 0 aliphatic rings. The SMILES string of the molecule is c1ccc(-c2ccc(-c3c4ccccc4c(-c4cccc(-c5ccc6ccc7ccc(-c8ccccn8)nc7c6n5)c4)c4ccccc34)cc2)cc1. The minimum atomic E-state index is 0.837. The van der Waals surface area contributed by atoms with Gasteiger partial charge in [-0.25, -0.2) is 9.97 Å². The molecule has 0 aliphatic heterocycles. The van der Waals surface area contributed by atoms with Crippen LogP contribution in [-0.2, 0) is 0 Å². The van der Waals surface area contributed by atoms with Gasteiger partial charge in [-0.1, -0.05) is 152 Å². The minimum absolute atomic E-state index is 0.837. The molecule has 0 spiro atoms. The molecule has 0 aliphatic carbocycles. The highest BCUT2D eigenvalue weighted by molar-refractivity contribution is 6.21. The summed E-state index contributed by atoms with van der Waals surface area (Å²) in [7, 11) is 0. The van der Waals surface area contributed by atoms with Crippen LogP contribution in [0.3, 0.4) is 0 Å². The molecule has 3 heterocycles. The average Bonchev–Trinajstić information content (AvgIpc) is 3.23. The maximum atomic E-state index is 5.27. The van der Waals surface area contributed by atoms with E-state index in [4.69, 9.17) is 9.97 Å². The van der Waals surface area contributed by atoms with Gasteiger partial charge in [-0.3, -0.25) is 4.98 Å². The van der Waals surface area contributed by atoms with E-state index in [-0.39, 0.29) is 0 Å². The molecule has 3 aromatic heterocycles. The van der Waals surface area contributed by atoms with E-state index in [0.29, 0.717) is 0 Å². The molecule has 0 amide bonds. The monoisotopic (exact) mass is 661 g/mol. The highest BCUT2D eigenvalue weighted by Gasteiger charge is 2.17. The highest BCUT2D eigenvalue weighted by Crippen LogP contribution is 2.44. The molecule has 10 aromatic rings. The summed E-state index contributed by atoms with van der Waals surface area (Å²) in [6.07, 6.45) is 1.80. The van der Waals surface area contributed by atoms with E-state index < -0.39 is 0 Å². The van der Waals surface area contributed by atoms with Gasteiger partial charge in [0.05, 0.1) is 28.1 Å². The zero-order valence-corrected chi connectivity index (χ0v) is 28.2. The van der Waals surface area contributed by atoms with Crippen LogP contribution in [0.25, 0.3) is 99.4 Å². The van der Waals surface area contributed by atoms with Gasteiger partial charge in [0.1, 0.15) is 0 Å². The fraction of sp³-hybridized carbons (Fsp3) is 0. The molecule has 0 saturated heterocycles. The molecule has 0 atom stereocenters. The first kappa shape index (κ1) is 29.9. The molecule has 10 rings (SSSR count). The summed E-state index contributed by atoms with van der Waals surface area (Å²) in [5.41, 5.74) is 12.7. The van der Waals surface area contributed by atoms with Crippen molar-refractivity contribution >= 4 is 43.4 Å². The second-order valence-electron chi connectivity index (χ2n) is 13.2. The highest BCUT2D eigenvalue weighted by atomic mass is 14.8. The lowest BCUT2D eigenvalue weighted by Gasteiger charge is -2.18. The zero-order valence-electron chi connectivity index (χ0n) is 28.2. The van der Waals surface area contributed by atoms with Crippen molar-refractivity contribution in [1.82, 2.24) is 15.0 Å². The van der Waals surface area contributed by atoms with Crippen molar-refractivity contribution in [3.63, 3.8) is 0 Å². The smallest absolute Gasteiger partial charge is 0.0973 e. The third-order valence-electron chi connectivity index (χ3n) is 10.1. The molecule has 0 N–H and O–H groups in total. The Balaban J connectivity index is 1.12.